The van der Waals surface area contributed by atoms with Gasteiger partial charge in [0.1, 0.15) is 6.04 Å². The van der Waals surface area contributed by atoms with Crippen molar-refractivity contribution in [2.24, 2.45) is 0 Å². The van der Waals surface area contributed by atoms with E-state index >= 15 is 0 Å². The Morgan fingerprint density at radius 2 is 1.84 bits per heavy atom. The first-order valence-electron chi connectivity index (χ1n) is 8.09. The second-order valence-corrected chi connectivity index (χ2v) is 6.97. The van der Waals surface area contributed by atoms with Crippen molar-refractivity contribution in [2.75, 3.05) is 22.2 Å². The van der Waals surface area contributed by atoms with Crippen LogP contribution in [-0.2, 0) is 9.59 Å². The Morgan fingerprint density at radius 3 is 2.56 bits per heavy atom. The van der Waals surface area contributed by atoms with Crippen LogP contribution in [0.5, 0.6) is 0 Å². The lowest BCUT2D eigenvalue weighted by Crippen LogP contribution is -2.41. The van der Waals surface area contributed by atoms with Gasteiger partial charge in [-0.1, -0.05) is 12.1 Å². The van der Waals surface area contributed by atoms with Gasteiger partial charge in [0.05, 0.1) is 23.5 Å². The highest BCUT2D eigenvalue weighted by Gasteiger charge is 2.28. The summed E-state index contributed by atoms with van der Waals surface area (Å²) in [4.78, 5) is 25.7. The zero-order chi connectivity index (χ0) is 18.0. The highest BCUT2D eigenvalue weighted by Crippen LogP contribution is 2.31. The minimum Gasteiger partial charge on any atom is -0.372 e. The van der Waals surface area contributed by atoms with E-state index in [0.717, 1.165) is 33.1 Å². The third-order valence-electron chi connectivity index (χ3n) is 4.31. The molecule has 6 heteroatoms. The molecule has 2 amide bonds. The van der Waals surface area contributed by atoms with Crippen molar-refractivity contribution in [3.05, 3.63) is 47.5 Å². The maximum absolute atomic E-state index is 12.4. The minimum atomic E-state index is -0.587. The second kappa shape index (κ2) is 7.19. The molecule has 130 valence electrons. The van der Waals surface area contributed by atoms with Gasteiger partial charge in [-0.3, -0.25) is 9.59 Å². The normalized spacial score (nSPS) is 15.8. The van der Waals surface area contributed by atoms with E-state index in [9.17, 15) is 9.59 Å². The molecule has 0 saturated carbocycles. The minimum absolute atomic E-state index is 0.0703. The summed E-state index contributed by atoms with van der Waals surface area (Å²) in [5.74, 6) is -0.384. The van der Waals surface area contributed by atoms with Crippen LogP contribution in [0, 0.1) is 13.8 Å². The van der Waals surface area contributed by atoms with Crippen LogP contribution in [0.3, 0.4) is 0 Å². The average Bonchev–Trinajstić information content (AvgIpc) is 2.58. The molecule has 0 spiro atoms. The first-order valence-corrected chi connectivity index (χ1v) is 9.32. The molecule has 1 atom stereocenters. The number of hydrogen-bond donors (Lipinski definition) is 3. The summed E-state index contributed by atoms with van der Waals surface area (Å²) in [5, 5.41) is 8.96. The molecule has 0 aliphatic carbocycles. The quantitative estimate of drug-likeness (QED) is 0.730. The summed E-state index contributed by atoms with van der Waals surface area (Å²) in [7, 11) is 0. The van der Waals surface area contributed by atoms with E-state index in [-0.39, 0.29) is 18.2 Å². The van der Waals surface area contributed by atoms with Crippen LogP contribution in [0.4, 0.5) is 17.1 Å². The first-order chi connectivity index (χ1) is 12.0. The molecule has 0 bridgehead atoms. The molecule has 3 rings (SSSR count). The zero-order valence-electron chi connectivity index (χ0n) is 14.5. The lowest BCUT2D eigenvalue weighted by Gasteiger charge is -2.27. The van der Waals surface area contributed by atoms with Crippen molar-refractivity contribution in [3.63, 3.8) is 0 Å². The number of thioether (sulfide) groups is 1. The van der Waals surface area contributed by atoms with E-state index in [1.54, 1.807) is 11.8 Å². The molecule has 3 N–H and O–H groups in total. The van der Waals surface area contributed by atoms with Crippen molar-refractivity contribution < 1.29 is 9.59 Å². The van der Waals surface area contributed by atoms with Gasteiger partial charge in [-0.25, -0.2) is 0 Å². The smallest absolute Gasteiger partial charge is 0.247 e. The molecule has 0 unspecified atom stereocenters. The van der Waals surface area contributed by atoms with Crippen LogP contribution in [0.15, 0.2) is 41.3 Å². The predicted molar refractivity (Wildman–Crippen MR) is 103 cm³/mol. The number of benzene rings is 2. The van der Waals surface area contributed by atoms with Crippen LogP contribution >= 0.6 is 11.8 Å². The summed E-state index contributed by atoms with van der Waals surface area (Å²) < 4.78 is 0. The van der Waals surface area contributed by atoms with Crippen molar-refractivity contribution in [1.82, 2.24) is 0 Å². The fourth-order valence-electron chi connectivity index (χ4n) is 2.79. The Balaban J connectivity index is 1.71. The van der Waals surface area contributed by atoms with E-state index in [2.05, 4.69) is 16.0 Å². The number of anilines is 3. The van der Waals surface area contributed by atoms with Crippen LogP contribution in [0.1, 0.15) is 17.5 Å². The van der Waals surface area contributed by atoms with Crippen LogP contribution in [0.2, 0.25) is 0 Å². The van der Waals surface area contributed by atoms with Gasteiger partial charge in [-0.2, -0.15) is 0 Å². The summed E-state index contributed by atoms with van der Waals surface area (Å²) in [6, 6.07) is 11.0. The van der Waals surface area contributed by atoms with Gasteiger partial charge < -0.3 is 16.0 Å². The van der Waals surface area contributed by atoms with E-state index < -0.39 is 6.04 Å². The van der Waals surface area contributed by atoms with Gasteiger partial charge in [0.25, 0.3) is 0 Å². The molecule has 5 nitrogen and oxygen atoms in total. The summed E-state index contributed by atoms with van der Waals surface area (Å²) in [6.45, 7) is 4.03. The molecule has 0 aromatic heterocycles. The molecule has 0 saturated heterocycles. The molecule has 25 heavy (non-hydrogen) atoms. The third kappa shape index (κ3) is 3.79. The summed E-state index contributed by atoms with van der Waals surface area (Å²) in [6.07, 6.45) is 2.03. The number of rotatable bonds is 4. The standard InChI is InChI=1S/C19H21N3O2S/c1-11-8-14-15(9-12(11)2)22-19(24)16(20-14)10-18(23)21-13-6-4-5-7-17(13)25-3/h4-9,16,20H,10H2,1-3H3,(H,21,23)(H,22,24)/t16-/m1/s1. The second-order valence-electron chi connectivity index (χ2n) is 6.12. The number of para-hydroxylation sites is 1. The topological polar surface area (TPSA) is 70.2 Å². The van der Waals surface area contributed by atoms with E-state index in [1.165, 1.54) is 0 Å². The molecule has 1 aliphatic rings. The Kier molecular flexibility index (Phi) is 4.99. The van der Waals surface area contributed by atoms with Gasteiger partial charge in [0, 0.05) is 4.90 Å². The predicted octanol–water partition coefficient (Wildman–Crippen LogP) is 3.79. The molecule has 0 fully saturated rings. The SMILES string of the molecule is CSc1ccccc1NC(=O)C[C@H]1Nc2cc(C)c(C)cc2NC1=O. The maximum atomic E-state index is 12.4. The summed E-state index contributed by atoms with van der Waals surface area (Å²) >= 11 is 1.57. The Morgan fingerprint density at radius 1 is 1.16 bits per heavy atom. The average molecular weight is 355 g/mol. The van der Waals surface area contributed by atoms with E-state index in [0.29, 0.717) is 0 Å². The largest absolute Gasteiger partial charge is 0.372 e. The van der Waals surface area contributed by atoms with Gasteiger partial charge in [-0.15, -0.1) is 11.8 Å². The lowest BCUT2D eigenvalue weighted by atomic mass is 10.0. The van der Waals surface area contributed by atoms with E-state index in [4.69, 9.17) is 0 Å². The van der Waals surface area contributed by atoms with Crippen molar-refractivity contribution in [3.8, 4) is 0 Å². The van der Waals surface area contributed by atoms with Gasteiger partial charge in [0.2, 0.25) is 11.8 Å². The molecule has 0 radical (unpaired) electrons. The molecular formula is C19H21N3O2S. The van der Waals surface area contributed by atoms with Gasteiger partial charge >= 0.3 is 0 Å². The molecule has 1 aliphatic heterocycles. The van der Waals surface area contributed by atoms with Crippen LogP contribution < -0.4 is 16.0 Å². The van der Waals surface area contributed by atoms with E-state index in [1.807, 2.05) is 56.5 Å². The molecule has 2 aromatic rings. The van der Waals surface area contributed by atoms with Crippen LogP contribution in [-0.4, -0.2) is 24.1 Å². The van der Waals surface area contributed by atoms with Crippen molar-refractivity contribution >= 4 is 40.6 Å². The number of nitrogens with one attached hydrogen (secondary N) is 3. The Hall–Kier alpha value is -2.47. The first kappa shape index (κ1) is 17.4. The number of aryl methyl sites for hydroxylation is 2. The van der Waals surface area contributed by atoms with Gasteiger partial charge in [0.15, 0.2) is 0 Å². The monoisotopic (exact) mass is 355 g/mol. The molecule has 1 heterocycles. The number of carbonyl (C=O) groups is 2. The third-order valence-corrected chi connectivity index (χ3v) is 5.10. The fraction of sp³-hybridized carbons (Fsp3) is 0.263. The zero-order valence-corrected chi connectivity index (χ0v) is 15.3. The highest BCUT2D eigenvalue weighted by molar-refractivity contribution is 7.98. The lowest BCUT2D eigenvalue weighted by molar-refractivity contribution is -0.122. The highest BCUT2D eigenvalue weighted by atomic mass is 32.2. The van der Waals surface area contributed by atoms with Crippen molar-refractivity contribution in [1.29, 1.82) is 0 Å². The number of amides is 2. The maximum Gasteiger partial charge on any atom is 0.247 e. The fourth-order valence-corrected chi connectivity index (χ4v) is 3.34. The van der Waals surface area contributed by atoms with Crippen LogP contribution in [0.25, 0.3) is 0 Å². The molecular weight excluding hydrogens is 334 g/mol. The number of carbonyl (C=O) groups excluding carboxylic acids is 2. The number of fused-ring (bicyclic) bond motifs is 1. The number of hydrogen-bond acceptors (Lipinski definition) is 4. The van der Waals surface area contributed by atoms with Gasteiger partial charge in [-0.05, 0) is 55.5 Å². The Labute approximate surface area is 151 Å². The Bertz CT molecular complexity index is 835. The summed E-state index contributed by atoms with van der Waals surface area (Å²) in [5.41, 5.74) is 4.64. The molecule has 2 aromatic carbocycles. The van der Waals surface area contributed by atoms with Crippen molar-refractivity contribution in [2.45, 2.75) is 31.2 Å².